The molecule has 2 aromatic carbocycles. The minimum absolute atomic E-state index is 0.266. The molecule has 0 atom stereocenters. The van der Waals surface area contributed by atoms with E-state index < -0.39 is 11.7 Å². The van der Waals surface area contributed by atoms with Crippen LogP contribution in [0.15, 0.2) is 53.0 Å². The summed E-state index contributed by atoms with van der Waals surface area (Å²) in [5.74, 6) is 0.232. The van der Waals surface area contributed by atoms with Crippen LogP contribution in [0.4, 0.5) is 4.79 Å². The van der Waals surface area contributed by atoms with E-state index in [1.807, 2.05) is 30.3 Å². The number of amides is 2. The van der Waals surface area contributed by atoms with Crippen molar-refractivity contribution in [1.82, 2.24) is 10.6 Å². The third-order valence-electron chi connectivity index (χ3n) is 3.49. The molecule has 0 aliphatic carbocycles. The summed E-state index contributed by atoms with van der Waals surface area (Å²) in [5.41, 5.74) is 0.874. The number of carbonyl (C=O) groups excluding carboxylic acids is 2. The zero-order valence-electron chi connectivity index (χ0n) is 16.3. The molecule has 2 N–H and O–H groups in total. The molecule has 0 aliphatic heterocycles. The Labute approximate surface area is 173 Å². The number of rotatable bonds is 7. The van der Waals surface area contributed by atoms with Gasteiger partial charge in [0.25, 0.3) is 5.91 Å². The number of carbonyl (C=O) groups is 2. The summed E-state index contributed by atoms with van der Waals surface area (Å²) in [6.45, 7) is 6.27. The maximum Gasteiger partial charge on any atom is 0.407 e. The van der Waals surface area contributed by atoms with Crippen molar-refractivity contribution in [1.29, 1.82) is 0 Å². The van der Waals surface area contributed by atoms with E-state index in [1.54, 1.807) is 39.0 Å². The smallest absolute Gasteiger partial charge is 0.407 e. The lowest BCUT2D eigenvalue weighted by Crippen LogP contribution is -2.37. The molecular formula is C21H25BrN2O4. The predicted octanol–water partition coefficient (Wildman–Crippen LogP) is 4.28. The van der Waals surface area contributed by atoms with Gasteiger partial charge in [0.1, 0.15) is 18.0 Å². The minimum Gasteiger partial charge on any atom is -0.488 e. The number of hydrogen-bond donors (Lipinski definition) is 2. The first-order valence-corrected chi connectivity index (χ1v) is 9.75. The Bertz CT molecular complexity index is 818. The van der Waals surface area contributed by atoms with Crippen LogP contribution in [-0.4, -0.2) is 30.7 Å². The molecule has 0 radical (unpaired) electrons. The van der Waals surface area contributed by atoms with Crippen LogP contribution in [0.3, 0.4) is 0 Å². The molecule has 6 nitrogen and oxygen atoms in total. The number of para-hydroxylation sites is 1. The second-order valence-corrected chi connectivity index (χ2v) is 8.02. The highest BCUT2D eigenvalue weighted by Gasteiger charge is 2.16. The van der Waals surface area contributed by atoms with Gasteiger partial charge in [-0.25, -0.2) is 4.79 Å². The van der Waals surface area contributed by atoms with Crippen molar-refractivity contribution in [3.05, 3.63) is 64.1 Å². The molecule has 0 aliphatic rings. The standard InChI is InChI=1S/C21H25BrN2O4/c1-21(2,3)28-20(26)24-12-11-23-19(25)17-9-4-5-10-18(17)27-14-15-7-6-8-16(22)13-15/h4-10,13H,11-12,14H2,1-3H3,(H,23,25)(H,24,26). The lowest BCUT2D eigenvalue weighted by Gasteiger charge is -2.19. The van der Waals surface area contributed by atoms with Gasteiger partial charge in [0.05, 0.1) is 5.56 Å². The zero-order valence-corrected chi connectivity index (χ0v) is 17.8. The SMILES string of the molecule is CC(C)(C)OC(=O)NCCNC(=O)c1ccccc1OCc1cccc(Br)c1. The summed E-state index contributed by atoms with van der Waals surface area (Å²) in [6, 6.07) is 14.8. The summed E-state index contributed by atoms with van der Waals surface area (Å²) in [5, 5.41) is 5.37. The van der Waals surface area contributed by atoms with E-state index in [0.717, 1.165) is 10.0 Å². The van der Waals surface area contributed by atoms with E-state index in [2.05, 4.69) is 26.6 Å². The van der Waals surface area contributed by atoms with Crippen LogP contribution in [0.5, 0.6) is 5.75 Å². The van der Waals surface area contributed by atoms with Gasteiger partial charge in [-0.1, -0.05) is 40.2 Å². The fraction of sp³-hybridized carbons (Fsp3) is 0.333. The fourth-order valence-corrected chi connectivity index (χ4v) is 2.76. The number of nitrogens with one attached hydrogen (secondary N) is 2. The van der Waals surface area contributed by atoms with E-state index in [4.69, 9.17) is 9.47 Å². The molecule has 2 rings (SSSR count). The average molecular weight is 449 g/mol. The van der Waals surface area contributed by atoms with Crippen molar-refractivity contribution in [2.45, 2.75) is 33.0 Å². The van der Waals surface area contributed by atoms with E-state index in [9.17, 15) is 9.59 Å². The summed E-state index contributed by atoms with van der Waals surface area (Å²) in [7, 11) is 0. The van der Waals surface area contributed by atoms with Gasteiger partial charge in [0.15, 0.2) is 0 Å². The second kappa shape index (κ2) is 10.1. The maximum atomic E-state index is 12.5. The summed E-state index contributed by atoms with van der Waals surface area (Å²) in [4.78, 5) is 24.1. The molecule has 2 aromatic rings. The van der Waals surface area contributed by atoms with Crippen LogP contribution in [0, 0.1) is 0 Å². The van der Waals surface area contributed by atoms with Crippen LogP contribution >= 0.6 is 15.9 Å². The molecule has 0 heterocycles. The Morgan fingerprint density at radius 3 is 2.43 bits per heavy atom. The summed E-state index contributed by atoms with van der Waals surface area (Å²) in [6.07, 6.45) is -0.514. The lowest BCUT2D eigenvalue weighted by molar-refractivity contribution is 0.0526. The Morgan fingerprint density at radius 1 is 1.00 bits per heavy atom. The Kier molecular flexibility index (Phi) is 7.87. The molecule has 7 heteroatoms. The normalized spacial score (nSPS) is 10.9. The highest BCUT2D eigenvalue weighted by atomic mass is 79.9. The van der Waals surface area contributed by atoms with Gasteiger partial charge in [-0.05, 0) is 50.6 Å². The molecule has 28 heavy (non-hydrogen) atoms. The molecule has 0 unspecified atom stereocenters. The lowest BCUT2D eigenvalue weighted by atomic mass is 10.2. The molecule has 2 amide bonds. The molecule has 0 spiro atoms. The average Bonchev–Trinajstić information content (AvgIpc) is 2.62. The van der Waals surface area contributed by atoms with Gasteiger partial charge in [0, 0.05) is 17.6 Å². The first kappa shape index (κ1) is 21.8. The largest absolute Gasteiger partial charge is 0.488 e. The summed E-state index contributed by atoms with van der Waals surface area (Å²) < 4.78 is 11.9. The van der Waals surface area contributed by atoms with E-state index in [1.165, 1.54) is 0 Å². The number of alkyl carbamates (subject to hydrolysis) is 1. The van der Waals surface area contributed by atoms with Crippen molar-refractivity contribution >= 4 is 27.9 Å². The Morgan fingerprint density at radius 2 is 1.71 bits per heavy atom. The minimum atomic E-state index is -0.558. The second-order valence-electron chi connectivity index (χ2n) is 7.10. The Balaban J connectivity index is 1.85. The number of halogens is 1. The highest BCUT2D eigenvalue weighted by molar-refractivity contribution is 9.10. The van der Waals surface area contributed by atoms with E-state index in [-0.39, 0.29) is 19.0 Å². The van der Waals surface area contributed by atoms with Crippen LogP contribution in [0.1, 0.15) is 36.7 Å². The molecule has 0 saturated carbocycles. The van der Waals surface area contributed by atoms with E-state index >= 15 is 0 Å². The molecular weight excluding hydrogens is 424 g/mol. The fourth-order valence-electron chi connectivity index (χ4n) is 2.32. The Hall–Kier alpha value is -2.54. The highest BCUT2D eigenvalue weighted by Crippen LogP contribution is 2.20. The van der Waals surface area contributed by atoms with Gasteiger partial charge in [-0.15, -0.1) is 0 Å². The first-order chi connectivity index (χ1) is 13.2. The van der Waals surface area contributed by atoms with Gasteiger partial charge in [0.2, 0.25) is 0 Å². The van der Waals surface area contributed by atoms with Crippen molar-refractivity contribution < 1.29 is 19.1 Å². The van der Waals surface area contributed by atoms with Crippen molar-refractivity contribution in [2.24, 2.45) is 0 Å². The number of ether oxygens (including phenoxy) is 2. The first-order valence-electron chi connectivity index (χ1n) is 8.96. The zero-order chi connectivity index (χ0) is 20.6. The molecule has 0 bridgehead atoms. The molecule has 0 fully saturated rings. The molecule has 0 aromatic heterocycles. The third-order valence-corrected chi connectivity index (χ3v) is 3.99. The predicted molar refractivity (Wildman–Crippen MR) is 111 cm³/mol. The number of hydrogen-bond acceptors (Lipinski definition) is 4. The quantitative estimate of drug-likeness (QED) is 0.619. The van der Waals surface area contributed by atoms with Crippen molar-refractivity contribution in [2.75, 3.05) is 13.1 Å². The monoisotopic (exact) mass is 448 g/mol. The number of benzene rings is 2. The molecule has 0 saturated heterocycles. The van der Waals surface area contributed by atoms with Crippen LogP contribution in [0.2, 0.25) is 0 Å². The van der Waals surface area contributed by atoms with Gasteiger partial charge >= 0.3 is 6.09 Å². The van der Waals surface area contributed by atoms with Gasteiger partial charge in [-0.2, -0.15) is 0 Å². The van der Waals surface area contributed by atoms with Crippen LogP contribution in [0.25, 0.3) is 0 Å². The van der Waals surface area contributed by atoms with Gasteiger partial charge in [-0.3, -0.25) is 4.79 Å². The van der Waals surface area contributed by atoms with Crippen molar-refractivity contribution in [3.8, 4) is 5.75 Å². The van der Waals surface area contributed by atoms with Crippen LogP contribution < -0.4 is 15.4 Å². The topological polar surface area (TPSA) is 76.7 Å². The van der Waals surface area contributed by atoms with Crippen molar-refractivity contribution in [3.63, 3.8) is 0 Å². The van der Waals surface area contributed by atoms with Crippen LogP contribution in [-0.2, 0) is 11.3 Å². The summed E-state index contributed by atoms with van der Waals surface area (Å²) >= 11 is 3.43. The molecule has 150 valence electrons. The third kappa shape index (κ3) is 7.60. The maximum absolute atomic E-state index is 12.5. The van der Waals surface area contributed by atoms with Gasteiger partial charge < -0.3 is 20.1 Å². The van der Waals surface area contributed by atoms with E-state index in [0.29, 0.717) is 17.9 Å².